The van der Waals surface area contributed by atoms with E-state index in [0.29, 0.717) is 24.5 Å². The highest BCUT2D eigenvalue weighted by molar-refractivity contribution is 14.0. The Morgan fingerprint density at radius 1 is 1.30 bits per heavy atom. The van der Waals surface area contributed by atoms with Gasteiger partial charge in [0.25, 0.3) is 0 Å². The molecule has 0 bridgehead atoms. The number of aromatic nitrogens is 1. The van der Waals surface area contributed by atoms with Crippen molar-refractivity contribution in [1.29, 1.82) is 0 Å². The lowest BCUT2D eigenvalue weighted by Crippen LogP contribution is -2.51. The molecule has 8 heteroatoms. The monoisotopic (exact) mass is 504 g/mol. The Morgan fingerprint density at radius 3 is 2.41 bits per heavy atom. The molecule has 6 nitrogen and oxygen atoms in total. The van der Waals surface area contributed by atoms with E-state index in [1.807, 2.05) is 23.7 Å². The first-order valence-electron chi connectivity index (χ1n) is 9.22. The maximum absolute atomic E-state index is 6.29. The van der Waals surface area contributed by atoms with Crippen molar-refractivity contribution in [2.45, 2.75) is 19.9 Å². The van der Waals surface area contributed by atoms with Gasteiger partial charge in [-0.05, 0) is 5.92 Å². The summed E-state index contributed by atoms with van der Waals surface area (Å²) in [5.41, 5.74) is 6.29. The summed E-state index contributed by atoms with van der Waals surface area (Å²) in [6.07, 6.45) is 5.72. The molecular formula is C19H33IN6S. The maximum atomic E-state index is 6.29. The van der Waals surface area contributed by atoms with Gasteiger partial charge in [0.15, 0.2) is 11.1 Å². The van der Waals surface area contributed by atoms with E-state index < -0.39 is 0 Å². The Hall–Kier alpha value is -1.13. The average Bonchev–Trinajstić information content (AvgIpc) is 3.16. The predicted molar refractivity (Wildman–Crippen MR) is 128 cm³/mol. The fourth-order valence-electron chi connectivity index (χ4n) is 3.21. The fraction of sp³-hybridized carbons (Fsp3) is 0.579. The first-order valence-corrected chi connectivity index (χ1v) is 10.1. The number of halogens is 1. The second kappa shape index (κ2) is 12.4. The molecule has 2 heterocycles. The van der Waals surface area contributed by atoms with Gasteiger partial charge in [-0.2, -0.15) is 0 Å². The van der Waals surface area contributed by atoms with Crippen LogP contribution in [0.1, 0.15) is 13.8 Å². The SMILES string of the molecule is C=CCN(CC=C)C(CN=C(N)N1CCN(c2nccs2)CC1)C(C)C.I. The molecule has 1 aromatic rings. The molecule has 1 aliphatic heterocycles. The van der Waals surface area contributed by atoms with Gasteiger partial charge in [-0.1, -0.05) is 26.0 Å². The maximum Gasteiger partial charge on any atom is 0.191 e. The van der Waals surface area contributed by atoms with Gasteiger partial charge in [0.1, 0.15) is 0 Å². The number of hydrogen-bond donors (Lipinski definition) is 1. The summed E-state index contributed by atoms with van der Waals surface area (Å²) < 4.78 is 0. The molecule has 1 unspecified atom stereocenters. The van der Waals surface area contributed by atoms with Crippen molar-refractivity contribution < 1.29 is 0 Å². The van der Waals surface area contributed by atoms with Crippen LogP contribution in [0.15, 0.2) is 41.9 Å². The average molecular weight is 504 g/mol. The number of guanidine groups is 1. The predicted octanol–water partition coefficient (Wildman–Crippen LogP) is 2.90. The molecular weight excluding hydrogens is 471 g/mol. The molecule has 1 aromatic heterocycles. The highest BCUT2D eigenvalue weighted by Gasteiger charge is 2.22. The number of rotatable bonds is 9. The molecule has 0 saturated carbocycles. The van der Waals surface area contributed by atoms with E-state index in [1.165, 1.54) is 0 Å². The second-order valence-electron chi connectivity index (χ2n) is 6.83. The number of nitrogens with zero attached hydrogens (tertiary/aromatic N) is 5. The first kappa shape index (κ1) is 23.9. The topological polar surface area (TPSA) is 61.0 Å². The number of piperazine rings is 1. The third-order valence-corrected chi connectivity index (χ3v) is 5.53. The Kier molecular flexibility index (Phi) is 10.9. The molecule has 152 valence electrons. The Balaban J connectivity index is 0.00000364. The van der Waals surface area contributed by atoms with Gasteiger partial charge in [0, 0.05) is 56.9 Å². The largest absolute Gasteiger partial charge is 0.370 e. The molecule has 2 N–H and O–H groups in total. The number of anilines is 1. The van der Waals surface area contributed by atoms with Crippen LogP contribution in [0, 0.1) is 5.92 Å². The third-order valence-electron chi connectivity index (χ3n) is 4.70. The second-order valence-corrected chi connectivity index (χ2v) is 7.70. The normalized spacial score (nSPS) is 16.4. The molecule has 27 heavy (non-hydrogen) atoms. The summed E-state index contributed by atoms with van der Waals surface area (Å²) in [4.78, 5) is 15.9. The van der Waals surface area contributed by atoms with Crippen molar-refractivity contribution in [2.24, 2.45) is 16.6 Å². The van der Waals surface area contributed by atoms with E-state index in [-0.39, 0.29) is 24.0 Å². The molecule has 0 amide bonds. The molecule has 0 aromatic carbocycles. The van der Waals surface area contributed by atoms with E-state index in [2.05, 4.69) is 46.7 Å². The van der Waals surface area contributed by atoms with Crippen molar-refractivity contribution in [3.05, 3.63) is 36.9 Å². The lowest BCUT2D eigenvalue weighted by molar-refractivity contribution is 0.195. The van der Waals surface area contributed by atoms with Crippen molar-refractivity contribution in [3.63, 3.8) is 0 Å². The van der Waals surface area contributed by atoms with Gasteiger partial charge in [-0.25, -0.2) is 4.98 Å². The highest BCUT2D eigenvalue weighted by atomic mass is 127. The molecule has 0 spiro atoms. The van der Waals surface area contributed by atoms with Gasteiger partial charge in [-0.3, -0.25) is 9.89 Å². The van der Waals surface area contributed by atoms with E-state index in [1.54, 1.807) is 11.3 Å². The van der Waals surface area contributed by atoms with Crippen molar-refractivity contribution >= 4 is 46.4 Å². The highest BCUT2D eigenvalue weighted by Crippen LogP contribution is 2.19. The quantitative estimate of drug-likeness (QED) is 0.243. The van der Waals surface area contributed by atoms with Crippen LogP contribution in [0.3, 0.4) is 0 Å². The Bertz CT molecular complexity index is 571. The Labute approximate surface area is 184 Å². The fourth-order valence-corrected chi connectivity index (χ4v) is 3.91. The van der Waals surface area contributed by atoms with Gasteiger partial charge < -0.3 is 15.5 Å². The van der Waals surface area contributed by atoms with Crippen LogP contribution in [0.25, 0.3) is 0 Å². The minimum atomic E-state index is 0. The first-order chi connectivity index (χ1) is 12.6. The summed E-state index contributed by atoms with van der Waals surface area (Å²) in [6, 6.07) is 0.321. The standard InChI is InChI=1S/C19H32N6S.HI/c1-5-8-23(9-6-2)17(16(3)4)15-22-18(20)24-10-12-25(13-11-24)19-21-7-14-26-19;/h5-7,14,16-17H,1-2,8-13,15H2,3-4H3,(H2,20,22);1H. The minimum Gasteiger partial charge on any atom is -0.370 e. The van der Waals surface area contributed by atoms with Crippen LogP contribution in [0.5, 0.6) is 0 Å². The van der Waals surface area contributed by atoms with Crippen LogP contribution >= 0.6 is 35.3 Å². The smallest absolute Gasteiger partial charge is 0.191 e. The number of thiazole rings is 1. The third kappa shape index (κ3) is 7.08. The van der Waals surface area contributed by atoms with Crippen LogP contribution in [0.2, 0.25) is 0 Å². The minimum absolute atomic E-state index is 0. The number of nitrogens with two attached hydrogens (primary N) is 1. The summed E-state index contributed by atoms with van der Waals surface area (Å²) in [5, 5.41) is 3.10. The molecule has 0 radical (unpaired) electrons. The van der Waals surface area contributed by atoms with Crippen LogP contribution in [0.4, 0.5) is 5.13 Å². The molecule has 2 rings (SSSR count). The molecule has 0 aliphatic carbocycles. The molecule has 1 aliphatic rings. The lowest BCUT2D eigenvalue weighted by atomic mass is 10.0. The van der Waals surface area contributed by atoms with Crippen molar-refractivity contribution in [3.8, 4) is 0 Å². The van der Waals surface area contributed by atoms with Gasteiger partial charge in [0.05, 0.1) is 6.54 Å². The summed E-state index contributed by atoms with van der Waals surface area (Å²) in [6.45, 7) is 18.1. The van der Waals surface area contributed by atoms with Crippen LogP contribution in [-0.4, -0.2) is 72.6 Å². The van der Waals surface area contributed by atoms with Gasteiger partial charge in [0.2, 0.25) is 0 Å². The van der Waals surface area contributed by atoms with Gasteiger partial charge in [-0.15, -0.1) is 48.5 Å². The van der Waals surface area contributed by atoms with Crippen molar-refractivity contribution in [1.82, 2.24) is 14.8 Å². The Morgan fingerprint density at radius 2 is 1.93 bits per heavy atom. The van der Waals surface area contributed by atoms with Crippen molar-refractivity contribution in [2.75, 3.05) is 50.7 Å². The van der Waals surface area contributed by atoms with E-state index >= 15 is 0 Å². The zero-order chi connectivity index (χ0) is 18.9. The van der Waals surface area contributed by atoms with E-state index in [0.717, 1.165) is 44.4 Å². The number of hydrogen-bond acceptors (Lipinski definition) is 5. The molecule has 1 atom stereocenters. The lowest BCUT2D eigenvalue weighted by Gasteiger charge is -2.36. The molecule has 1 fully saturated rings. The number of aliphatic imine (C=N–C) groups is 1. The summed E-state index contributed by atoms with van der Waals surface area (Å²) >= 11 is 1.68. The van der Waals surface area contributed by atoms with E-state index in [4.69, 9.17) is 10.7 Å². The zero-order valence-electron chi connectivity index (χ0n) is 16.5. The summed E-state index contributed by atoms with van der Waals surface area (Å²) in [7, 11) is 0. The van der Waals surface area contributed by atoms with Crippen LogP contribution < -0.4 is 10.6 Å². The van der Waals surface area contributed by atoms with Crippen LogP contribution in [-0.2, 0) is 0 Å². The molecule has 1 saturated heterocycles. The van der Waals surface area contributed by atoms with E-state index in [9.17, 15) is 0 Å². The zero-order valence-corrected chi connectivity index (χ0v) is 19.6. The summed E-state index contributed by atoms with van der Waals surface area (Å²) in [5.74, 6) is 1.12. The van der Waals surface area contributed by atoms with Gasteiger partial charge >= 0.3 is 0 Å².